The first-order valence-electron chi connectivity index (χ1n) is 14.7. The molecule has 0 unspecified atom stereocenters. The molecular formula is C36H36ClNO5. The molecular weight excluding hydrogens is 562 g/mol. The number of carbonyl (C=O) groups is 2. The maximum Gasteiger partial charge on any atom is 0.323 e. The maximum atomic E-state index is 11.8. The van der Waals surface area contributed by atoms with Crippen molar-refractivity contribution in [3.63, 3.8) is 0 Å². The van der Waals surface area contributed by atoms with Crippen molar-refractivity contribution in [2.75, 3.05) is 6.61 Å². The molecule has 6 nitrogen and oxygen atoms in total. The molecule has 7 heteroatoms. The second kappa shape index (κ2) is 13.0. The minimum absolute atomic E-state index is 0.125. The van der Waals surface area contributed by atoms with Gasteiger partial charge in [-0.05, 0) is 111 Å². The molecule has 222 valence electrons. The van der Waals surface area contributed by atoms with Gasteiger partial charge in [0.25, 0.3) is 0 Å². The number of carboxylic acids is 2. The molecule has 1 aromatic heterocycles. The highest BCUT2D eigenvalue weighted by molar-refractivity contribution is 6.31. The first kappa shape index (κ1) is 30.3. The van der Waals surface area contributed by atoms with Gasteiger partial charge >= 0.3 is 11.9 Å². The molecule has 0 spiro atoms. The Morgan fingerprint density at radius 3 is 2.40 bits per heavy atom. The predicted octanol–water partition coefficient (Wildman–Crippen LogP) is 7.60. The van der Waals surface area contributed by atoms with E-state index in [2.05, 4.69) is 24.8 Å². The Labute approximate surface area is 257 Å². The first-order chi connectivity index (χ1) is 20.7. The number of ether oxygens (including phenoxy) is 1. The van der Waals surface area contributed by atoms with Crippen LogP contribution in [0.25, 0.3) is 10.9 Å². The lowest BCUT2D eigenvalue weighted by molar-refractivity contribution is -0.139. The quantitative estimate of drug-likeness (QED) is 0.130. The number of nitrogens with zero attached hydrogens (tertiary/aromatic N) is 1. The van der Waals surface area contributed by atoms with Gasteiger partial charge in [0.15, 0.2) is 0 Å². The number of carboxylic acid groups (broad SMARTS) is 2. The highest BCUT2D eigenvalue weighted by Gasteiger charge is 2.45. The molecule has 0 saturated heterocycles. The second-order valence-corrected chi connectivity index (χ2v) is 12.0. The molecule has 0 aliphatic heterocycles. The Balaban J connectivity index is 1.28. The lowest BCUT2D eigenvalue weighted by Crippen LogP contribution is -2.13. The van der Waals surface area contributed by atoms with Crippen molar-refractivity contribution in [2.45, 2.75) is 65.3 Å². The zero-order valence-corrected chi connectivity index (χ0v) is 25.3. The molecule has 0 amide bonds. The minimum Gasteiger partial charge on any atom is -0.494 e. The number of unbranched alkanes of at least 4 members (excludes halogenated alkanes) is 1. The minimum atomic E-state index is -0.934. The molecule has 2 N–H and O–H groups in total. The van der Waals surface area contributed by atoms with Crippen LogP contribution in [0.1, 0.15) is 65.6 Å². The Hall–Kier alpha value is -4.21. The van der Waals surface area contributed by atoms with E-state index in [1.54, 1.807) is 4.57 Å². The molecule has 1 fully saturated rings. The number of fused-ring (bicyclic) bond motifs is 1. The molecule has 1 heterocycles. The number of aliphatic carboxylic acids is 2. The number of para-hydroxylation sites is 1. The number of benzene rings is 3. The number of aryl methyl sites for hydroxylation is 1. The summed E-state index contributed by atoms with van der Waals surface area (Å²) < 4.78 is 7.74. The van der Waals surface area contributed by atoms with Crippen LogP contribution in [-0.4, -0.2) is 33.3 Å². The van der Waals surface area contributed by atoms with E-state index in [1.807, 2.05) is 61.5 Å². The van der Waals surface area contributed by atoms with Crippen LogP contribution >= 0.6 is 11.6 Å². The van der Waals surface area contributed by atoms with E-state index in [1.165, 1.54) is 5.56 Å². The zero-order valence-electron chi connectivity index (χ0n) is 24.6. The number of hydrogen-bond acceptors (Lipinski definition) is 3. The van der Waals surface area contributed by atoms with Gasteiger partial charge in [0.05, 0.1) is 18.5 Å². The third-order valence-electron chi connectivity index (χ3n) is 8.49. The fourth-order valence-electron chi connectivity index (χ4n) is 5.85. The monoisotopic (exact) mass is 597 g/mol. The van der Waals surface area contributed by atoms with Crippen molar-refractivity contribution in [2.24, 2.45) is 5.41 Å². The molecule has 0 radical (unpaired) electrons. The largest absolute Gasteiger partial charge is 0.494 e. The molecule has 43 heavy (non-hydrogen) atoms. The predicted molar refractivity (Wildman–Crippen MR) is 169 cm³/mol. The van der Waals surface area contributed by atoms with E-state index in [4.69, 9.17) is 16.3 Å². The van der Waals surface area contributed by atoms with Gasteiger partial charge in [0, 0.05) is 27.2 Å². The average molecular weight is 598 g/mol. The Bertz CT molecular complexity index is 1720. The summed E-state index contributed by atoms with van der Waals surface area (Å²) >= 11 is 6.23. The van der Waals surface area contributed by atoms with Crippen LogP contribution in [0.3, 0.4) is 0 Å². The SMILES string of the molecule is Cc1c(Cl)cccc1CCCCOc1ccc(C#Cc2cccc3c(CC4(CC(=O)O)CC4)c(C)n(CC(=O)O)c23)cc1. The molecule has 1 aliphatic carbocycles. The van der Waals surface area contributed by atoms with Gasteiger partial charge in [0.2, 0.25) is 0 Å². The van der Waals surface area contributed by atoms with Crippen LogP contribution < -0.4 is 4.74 Å². The van der Waals surface area contributed by atoms with Gasteiger partial charge in [0.1, 0.15) is 12.3 Å². The van der Waals surface area contributed by atoms with Crippen molar-refractivity contribution in [3.8, 4) is 17.6 Å². The summed E-state index contributed by atoms with van der Waals surface area (Å²) in [6.45, 7) is 4.42. The van der Waals surface area contributed by atoms with Crippen molar-refractivity contribution in [3.05, 3.63) is 99.2 Å². The zero-order chi connectivity index (χ0) is 30.6. The van der Waals surface area contributed by atoms with Crippen molar-refractivity contribution in [1.29, 1.82) is 0 Å². The van der Waals surface area contributed by atoms with Crippen LogP contribution in [-0.2, 0) is 29.0 Å². The van der Waals surface area contributed by atoms with Crippen LogP contribution in [0, 0.1) is 31.1 Å². The molecule has 5 rings (SSSR count). The molecule has 0 atom stereocenters. The van der Waals surface area contributed by atoms with E-state index < -0.39 is 11.9 Å². The number of aromatic nitrogens is 1. The molecule has 4 aromatic rings. The van der Waals surface area contributed by atoms with Gasteiger partial charge in [-0.15, -0.1) is 0 Å². The van der Waals surface area contributed by atoms with Gasteiger partial charge in [-0.2, -0.15) is 0 Å². The lowest BCUT2D eigenvalue weighted by atomic mass is 9.91. The standard InChI is InChI=1S/C36H36ClNO5/c1-24-27(8-6-11-32(24)37)7-3-4-20-43-29-16-13-26(14-17-29)12-15-28-9-5-10-30-31(21-36(18-19-36)22-33(39)40)25(2)38(35(28)30)23-34(41)42/h5-6,8-11,13-14,16-17H,3-4,7,18-23H2,1-2H3,(H,39,40)(H,41,42). The van der Waals surface area contributed by atoms with Gasteiger partial charge in [-0.1, -0.05) is 47.7 Å². The van der Waals surface area contributed by atoms with E-state index in [0.29, 0.717) is 13.0 Å². The second-order valence-electron chi connectivity index (χ2n) is 11.6. The average Bonchev–Trinajstić information content (AvgIpc) is 3.68. The van der Waals surface area contributed by atoms with Gasteiger partial charge < -0.3 is 19.5 Å². The normalized spacial score (nSPS) is 13.4. The van der Waals surface area contributed by atoms with Gasteiger partial charge in [-0.3, -0.25) is 9.59 Å². The van der Waals surface area contributed by atoms with Crippen molar-refractivity contribution < 1.29 is 24.5 Å². The number of halogens is 1. The summed E-state index contributed by atoms with van der Waals surface area (Å²) in [6.07, 6.45) is 5.40. The van der Waals surface area contributed by atoms with Crippen molar-refractivity contribution in [1.82, 2.24) is 4.57 Å². The van der Waals surface area contributed by atoms with Crippen LogP contribution in [0.15, 0.2) is 60.7 Å². The topological polar surface area (TPSA) is 88.8 Å². The smallest absolute Gasteiger partial charge is 0.323 e. The lowest BCUT2D eigenvalue weighted by Gasteiger charge is -2.13. The summed E-state index contributed by atoms with van der Waals surface area (Å²) in [5, 5.41) is 20.8. The summed E-state index contributed by atoms with van der Waals surface area (Å²) in [7, 11) is 0. The third-order valence-corrected chi connectivity index (χ3v) is 8.90. The van der Waals surface area contributed by atoms with Crippen LogP contribution in [0.5, 0.6) is 5.75 Å². The van der Waals surface area contributed by atoms with Gasteiger partial charge in [-0.25, -0.2) is 0 Å². The van der Waals surface area contributed by atoms with E-state index in [-0.39, 0.29) is 18.4 Å². The summed E-state index contributed by atoms with van der Waals surface area (Å²) in [4.78, 5) is 23.3. The molecule has 3 aromatic carbocycles. The summed E-state index contributed by atoms with van der Waals surface area (Å²) in [6, 6.07) is 19.5. The molecule has 1 saturated carbocycles. The highest BCUT2D eigenvalue weighted by Crippen LogP contribution is 2.52. The van der Waals surface area contributed by atoms with Crippen molar-refractivity contribution >= 4 is 34.4 Å². The van der Waals surface area contributed by atoms with E-state index in [9.17, 15) is 19.8 Å². The highest BCUT2D eigenvalue weighted by atomic mass is 35.5. The molecule has 0 bridgehead atoms. The van der Waals surface area contributed by atoms with E-state index >= 15 is 0 Å². The maximum absolute atomic E-state index is 11.8. The Morgan fingerprint density at radius 2 is 1.70 bits per heavy atom. The first-order valence-corrected chi connectivity index (χ1v) is 15.1. The van der Waals surface area contributed by atoms with E-state index in [0.717, 1.165) is 81.7 Å². The number of rotatable bonds is 12. The van der Waals surface area contributed by atoms with Crippen LogP contribution in [0.4, 0.5) is 0 Å². The Kier molecular flexibility index (Phi) is 9.13. The number of hydrogen-bond donors (Lipinski definition) is 2. The fourth-order valence-corrected chi connectivity index (χ4v) is 6.05. The van der Waals surface area contributed by atoms with Crippen LogP contribution in [0.2, 0.25) is 5.02 Å². The Morgan fingerprint density at radius 1 is 0.953 bits per heavy atom. The summed E-state index contributed by atoms with van der Waals surface area (Å²) in [5.41, 5.74) is 6.39. The molecule has 1 aliphatic rings. The fraction of sp³-hybridized carbons (Fsp3) is 0.333. The third kappa shape index (κ3) is 7.24. The summed E-state index contributed by atoms with van der Waals surface area (Å²) in [5.74, 6) is 5.55.